The van der Waals surface area contributed by atoms with Crippen LogP contribution < -0.4 is 4.73 Å². The van der Waals surface area contributed by atoms with E-state index in [0.29, 0.717) is 21.9 Å². The molecule has 1 rings (SSSR count). The summed E-state index contributed by atoms with van der Waals surface area (Å²) in [5, 5.41) is 20.9. The van der Waals surface area contributed by atoms with Gasteiger partial charge in [0.05, 0.1) is 5.92 Å². The van der Waals surface area contributed by atoms with E-state index < -0.39 is 0 Å². The number of nitrogens with zero attached hydrogens (tertiary/aromatic N) is 2. The molecule has 13 heavy (non-hydrogen) atoms. The molecule has 1 N–H and O–H groups in total. The Morgan fingerprint density at radius 2 is 1.92 bits per heavy atom. The minimum absolute atomic E-state index is 0.0144. The summed E-state index contributed by atoms with van der Waals surface area (Å²) in [5.74, 6) is 0.503. The molecule has 0 bridgehead atoms. The fraction of sp³-hybridized carbons (Fsp3) is 0.556. The molecule has 0 saturated carbocycles. The normalized spacial score (nSPS) is 10.8. The van der Waals surface area contributed by atoms with Gasteiger partial charge in [0, 0.05) is 13.8 Å². The van der Waals surface area contributed by atoms with Crippen molar-refractivity contribution in [3.05, 3.63) is 22.4 Å². The van der Waals surface area contributed by atoms with Crippen LogP contribution in [0.15, 0.2) is 0 Å². The molecule has 0 fully saturated rings. The van der Waals surface area contributed by atoms with E-state index in [-0.39, 0.29) is 11.7 Å². The van der Waals surface area contributed by atoms with Gasteiger partial charge in [0.1, 0.15) is 5.69 Å². The molecule has 0 saturated heterocycles. The number of rotatable bonds is 1. The standard InChI is InChI=1S/C9H14N2O2/c1-5(2)9-10-6(3)8(12)7(4)11(9)13/h5,12H,1-4H3. The van der Waals surface area contributed by atoms with E-state index >= 15 is 0 Å². The largest absolute Gasteiger partial charge is 0.710 e. The average Bonchev–Trinajstić information content (AvgIpc) is 2.07. The molecule has 0 aliphatic heterocycles. The lowest BCUT2D eigenvalue weighted by molar-refractivity contribution is -0.626. The topological polar surface area (TPSA) is 60.1 Å². The Morgan fingerprint density at radius 3 is 2.38 bits per heavy atom. The molecule has 0 amide bonds. The quantitative estimate of drug-likeness (QED) is 0.523. The summed E-state index contributed by atoms with van der Waals surface area (Å²) in [6, 6.07) is 0. The Morgan fingerprint density at radius 1 is 1.38 bits per heavy atom. The number of aromatic hydroxyl groups is 1. The van der Waals surface area contributed by atoms with Gasteiger partial charge >= 0.3 is 5.82 Å². The molecule has 1 aromatic heterocycles. The van der Waals surface area contributed by atoms with Crippen LogP contribution in [0.3, 0.4) is 0 Å². The summed E-state index contributed by atoms with van der Waals surface area (Å²) < 4.78 is 0.687. The smallest absolute Gasteiger partial charge is 0.304 e. The zero-order valence-corrected chi connectivity index (χ0v) is 8.33. The number of aromatic nitrogens is 2. The summed E-state index contributed by atoms with van der Waals surface area (Å²) in [5.41, 5.74) is 0.824. The Bertz CT molecular complexity index is 335. The van der Waals surface area contributed by atoms with Crippen molar-refractivity contribution in [1.29, 1.82) is 0 Å². The highest BCUT2D eigenvalue weighted by Crippen LogP contribution is 2.18. The lowest BCUT2D eigenvalue weighted by Gasteiger charge is -2.12. The van der Waals surface area contributed by atoms with Crippen LogP contribution in [0.1, 0.15) is 37.0 Å². The van der Waals surface area contributed by atoms with Gasteiger partial charge in [-0.1, -0.05) is 13.8 Å². The minimum Gasteiger partial charge on any atom is -0.710 e. The molecule has 72 valence electrons. The van der Waals surface area contributed by atoms with E-state index in [4.69, 9.17) is 0 Å². The third-order valence-electron chi connectivity index (χ3n) is 2.00. The van der Waals surface area contributed by atoms with Gasteiger partial charge in [-0.15, -0.1) is 0 Å². The molecular formula is C9H14N2O2. The Labute approximate surface area is 77.4 Å². The van der Waals surface area contributed by atoms with Gasteiger partial charge in [-0.05, 0) is 4.98 Å². The second-order valence-electron chi connectivity index (χ2n) is 3.44. The van der Waals surface area contributed by atoms with Crippen molar-refractivity contribution in [1.82, 2.24) is 4.98 Å². The molecule has 0 spiro atoms. The van der Waals surface area contributed by atoms with Gasteiger partial charge in [-0.3, -0.25) is 0 Å². The van der Waals surface area contributed by atoms with Crippen LogP contribution in [0.5, 0.6) is 5.75 Å². The average molecular weight is 182 g/mol. The van der Waals surface area contributed by atoms with Crippen molar-refractivity contribution in [3.63, 3.8) is 0 Å². The van der Waals surface area contributed by atoms with Crippen LogP contribution in [0.2, 0.25) is 0 Å². The molecule has 0 aromatic carbocycles. The molecule has 0 aliphatic rings. The van der Waals surface area contributed by atoms with Gasteiger partial charge in [0.2, 0.25) is 5.75 Å². The summed E-state index contributed by atoms with van der Waals surface area (Å²) in [6.07, 6.45) is 0. The van der Waals surface area contributed by atoms with Crippen LogP contribution >= 0.6 is 0 Å². The van der Waals surface area contributed by atoms with Crippen LogP contribution in [-0.2, 0) is 0 Å². The fourth-order valence-corrected chi connectivity index (χ4v) is 1.16. The first-order valence-corrected chi connectivity index (χ1v) is 4.24. The minimum atomic E-state index is -0.0144. The molecule has 1 aromatic rings. The van der Waals surface area contributed by atoms with Gasteiger partial charge in [0.25, 0.3) is 0 Å². The third kappa shape index (κ3) is 1.56. The maximum atomic E-state index is 11.5. The first-order valence-electron chi connectivity index (χ1n) is 4.24. The highest BCUT2D eigenvalue weighted by atomic mass is 16.5. The summed E-state index contributed by atoms with van der Waals surface area (Å²) in [4.78, 5) is 4.03. The first kappa shape index (κ1) is 9.77. The van der Waals surface area contributed by atoms with Crippen LogP contribution in [-0.4, -0.2) is 10.1 Å². The monoisotopic (exact) mass is 182 g/mol. The van der Waals surface area contributed by atoms with E-state index in [9.17, 15) is 10.3 Å². The highest BCUT2D eigenvalue weighted by molar-refractivity contribution is 5.26. The molecular weight excluding hydrogens is 168 g/mol. The lowest BCUT2D eigenvalue weighted by atomic mass is 10.2. The summed E-state index contributed by atoms with van der Waals surface area (Å²) in [6.45, 7) is 7.07. The maximum Gasteiger partial charge on any atom is 0.304 e. The third-order valence-corrected chi connectivity index (χ3v) is 2.00. The second-order valence-corrected chi connectivity index (χ2v) is 3.44. The van der Waals surface area contributed by atoms with Crippen molar-refractivity contribution in [2.24, 2.45) is 0 Å². The van der Waals surface area contributed by atoms with Crippen LogP contribution in [0.4, 0.5) is 0 Å². The maximum absolute atomic E-state index is 11.5. The van der Waals surface area contributed by atoms with Crippen LogP contribution in [0.25, 0.3) is 0 Å². The molecule has 0 aliphatic carbocycles. The number of aryl methyl sites for hydroxylation is 1. The summed E-state index contributed by atoms with van der Waals surface area (Å²) in [7, 11) is 0. The van der Waals surface area contributed by atoms with Crippen LogP contribution in [0, 0.1) is 19.1 Å². The Hall–Kier alpha value is -1.32. The summed E-state index contributed by atoms with van der Waals surface area (Å²) >= 11 is 0. The Balaban J connectivity index is 3.41. The highest BCUT2D eigenvalue weighted by Gasteiger charge is 2.20. The zero-order chi connectivity index (χ0) is 10.2. The molecule has 0 radical (unpaired) electrons. The van der Waals surface area contributed by atoms with Crippen molar-refractivity contribution >= 4 is 0 Å². The van der Waals surface area contributed by atoms with E-state index in [1.807, 2.05) is 13.8 Å². The zero-order valence-electron chi connectivity index (χ0n) is 8.33. The number of hydrogen-bond donors (Lipinski definition) is 1. The van der Waals surface area contributed by atoms with Crippen molar-refractivity contribution in [2.45, 2.75) is 33.6 Å². The SMILES string of the molecule is Cc1nc(C(C)C)[n+]([O-])c(C)c1O. The molecule has 1 heterocycles. The fourth-order valence-electron chi connectivity index (χ4n) is 1.16. The predicted octanol–water partition coefficient (Wildman–Crippen LogP) is 1.16. The van der Waals surface area contributed by atoms with Gasteiger partial charge in [-0.25, -0.2) is 4.73 Å². The Kier molecular flexibility index (Phi) is 2.40. The first-order chi connectivity index (χ1) is 5.95. The molecule has 4 heteroatoms. The number of hydrogen-bond acceptors (Lipinski definition) is 3. The molecule has 0 atom stereocenters. The van der Waals surface area contributed by atoms with E-state index in [1.165, 1.54) is 0 Å². The lowest BCUT2D eigenvalue weighted by Crippen LogP contribution is -2.37. The van der Waals surface area contributed by atoms with E-state index in [2.05, 4.69) is 4.98 Å². The molecule has 0 unspecified atom stereocenters. The predicted molar refractivity (Wildman–Crippen MR) is 48.4 cm³/mol. The van der Waals surface area contributed by atoms with Crippen molar-refractivity contribution in [2.75, 3.05) is 0 Å². The van der Waals surface area contributed by atoms with Gasteiger partial charge in [0.15, 0.2) is 5.69 Å². The van der Waals surface area contributed by atoms with Crippen molar-refractivity contribution in [3.8, 4) is 5.75 Å². The van der Waals surface area contributed by atoms with Gasteiger partial charge in [-0.2, -0.15) is 0 Å². The van der Waals surface area contributed by atoms with Crippen molar-refractivity contribution < 1.29 is 9.84 Å². The van der Waals surface area contributed by atoms with Gasteiger partial charge < -0.3 is 10.3 Å². The van der Waals surface area contributed by atoms with E-state index in [0.717, 1.165) is 0 Å². The molecule has 4 nitrogen and oxygen atoms in total. The second kappa shape index (κ2) is 3.20. The van der Waals surface area contributed by atoms with E-state index in [1.54, 1.807) is 13.8 Å².